The van der Waals surface area contributed by atoms with Gasteiger partial charge in [0.15, 0.2) is 0 Å². The van der Waals surface area contributed by atoms with E-state index in [0.29, 0.717) is 0 Å². The third kappa shape index (κ3) is 4.36. The van der Waals surface area contributed by atoms with E-state index in [4.69, 9.17) is 10.4 Å². The molecule has 4 nitrogen and oxygen atoms in total. The minimum Gasteiger partial charge on any atom is -0.423 e. The van der Waals surface area contributed by atoms with Crippen molar-refractivity contribution in [3.8, 4) is 0 Å². The predicted octanol–water partition coefficient (Wildman–Crippen LogP) is 1.54. The Morgan fingerprint density at radius 3 is 2.05 bits per heavy atom. The molecule has 0 aliphatic heterocycles. The highest BCUT2D eigenvalue weighted by Gasteiger charge is 2.40. The van der Waals surface area contributed by atoms with Crippen LogP contribution in [0.3, 0.4) is 0 Å². The molecule has 21 heavy (non-hydrogen) atoms. The van der Waals surface area contributed by atoms with Gasteiger partial charge in [0.1, 0.15) is 0 Å². The molecule has 0 radical (unpaired) electrons. The van der Waals surface area contributed by atoms with Gasteiger partial charge in [-0.15, -0.1) is 0 Å². The fourth-order valence-electron chi connectivity index (χ4n) is 1.47. The van der Waals surface area contributed by atoms with E-state index in [-0.39, 0.29) is 11.2 Å². The van der Waals surface area contributed by atoms with E-state index in [9.17, 15) is 23.3 Å². The third-order valence-corrected chi connectivity index (χ3v) is 3.47. The molecule has 0 atom stereocenters. The molecule has 0 aromatic heterocycles. The SMILES string of the molecule is CC(C)(O)C(C)(C)OB(O)c1cc(N)cc(C(F)(F)F)c1. The molecule has 0 bridgehead atoms. The first-order chi connectivity index (χ1) is 9.24. The summed E-state index contributed by atoms with van der Waals surface area (Å²) < 4.78 is 43.5. The van der Waals surface area contributed by atoms with Gasteiger partial charge in [0.25, 0.3) is 0 Å². The molecule has 118 valence electrons. The van der Waals surface area contributed by atoms with Crippen LogP contribution in [0.5, 0.6) is 0 Å². The van der Waals surface area contributed by atoms with E-state index in [1.54, 1.807) is 0 Å². The summed E-state index contributed by atoms with van der Waals surface area (Å²) in [5.41, 5.74) is 1.71. The maximum absolute atomic E-state index is 12.7. The average Bonchev–Trinajstić information content (AvgIpc) is 2.24. The zero-order valence-corrected chi connectivity index (χ0v) is 12.3. The van der Waals surface area contributed by atoms with Crippen molar-refractivity contribution in [2.75, 3.05) is 5.73 Å². The number of hydrogen-bond acceptors (Lipinski definition) is 4. The average molecular weight is 305 g/mol. The summed E-state index contributed by atoms with van der Waals surface area (Å²) in [4.78, 5) is 0. The molecule has 0 aliphatic rings. The van der Waals surface area contributed by atoms with Crippen LogP contribution in [0.25, 0.3) is 0 Å². The fourth-order valence-corrected chi connectivity index (χ4v) is 1.47. The number of anilines is 1. The largest absolute Gasteiger partial charge is 0.491 e. The second kappa shape index (κ2) is 5.51. The Hall–Kier alpha value is -1.25. The van der Waals surface area contributed by atoms with E-state index < -0.39 is 30.1 Å². The molecule has 0 saturated heterocycles. The number of nitrogens with two attached hydrogens (primary N) is 1. The van der Waals surface area contributed by atoms with Crippen LogP contribution < -0.4 is 11.2 Å². The summed E-state index contributed by atoms with van der Waals surface area (Å²) in [6.07, 6.45) is -4.57. The van der Waals surface area contributed by atoms with Crippen LogP contribution >= 0.6 is 0 Å². The van der Waals surface area contributed by atoms with Crippen LogP contribution in [0.15, 0.2) is 18.2 Å². The van der Waals surface area contributed by atoms with Crippen molar-refractivity contribution in [2.45, 2.75) is 45.1 Å². The van der Waals surface area contributed by atoms with Gasteiger partial charge in [-0.2, -0.15) is 13.2 Å². The van der Waals surface area contributed by atoms with Gasteiger partial charge in [-0.25, -0.2) is 0 Å². The molecule has 1 rings (SSSR count). The Morgan fingerprint density at radius 2 is 1.62 bits per heavy atom. The predicted molar refractivity (Wildman–Crippen MR) is 74.9 cm³/mol. The van der Waals surface area contributed by atoms with E-state index in [2.05, 4.69) is 0 Å². The number of halogens is 3. The van der Waals surface area contributed by atoms with E-state index in [0.717, 1.165) is 12.1 Å². The highest BCUT2D eigenvalue weighted by molar-refractivity contribution is 6.60. The monoisotopic (exact) mass is 305 g/mol. The van der Waals surface area contributed by atoms with Crippen LogP contribution in [0.2, 0.25) is 0 Å². The summed E-state index contributed by atoms with van der Waals surface area (Å²) >= 11 is 0. The van der Waals surface area contributed by atoms with Crippen LogP contribution in [0, 0.1) is 0 Å². The molecular formula is C13H19BF3NO3. The molecule has 0 spiro atoms. The molecule has 0 aliphatic carbocycles. The molecule has 1 aromatic carbocycles. The minimum atomic E-state index is -4.57. The first kappa shape index (κ1) is 17.8. The second-order valence-corrected chi connectivity index (χ2v) is 5.93. The molecule has 1 aromatic rings. The van der Waals surface area contributed by atoms with Gasteiger partial charge in [0, 0.05) is 5.69 Å². The summed E-state index contributed by atoms with van der Waals surface area (Å²) in [6, 6.07) is 2.74. The summed E-state index contributed by atoms with van der Waals surface area (Å²) in [5.74, 6) is 0. The van der Waals surface area contributed by atoms with Crippen molar-refractivity contribution in [3.63, 3.8) is 0 Å². The zero-order valence-electron chi connectivity index (χ0n) is 12.3. The summed E-state index contributed by atoms with van der Waals surface area (Å²) in [7, 11) is -1.64. The standard InChI is InChI=1S/C13H19BF3NO3/c1-11(2,19)12(3,4)21-14(20)9-5-8(13(15,16)17)6-10(18)7-9/h5-7,19-20H,18H2,1-4H3. The van der Waals surface area contributed by atoms with Crippen LogP contribution in [0.4, 0.5) is 18.9 Å². The molecule has 0 heterocycles. The van der Waals surface area contributed by atoms with Crippen molar-refractivity contribution >= 4 is 18.3 Å². The zero-order chi connectivity index (χ0) is 16.6. The Balaban J connectivity index is 3.09. The van der Waals surface area contributed by atoms with Crippen molar-refractivity contribution in [2.24, 2.45) is 0 Å². The topological polar surface area (TPSA) is 75.7 Å². The van der Waals surface area contributed by atoms with Gasteiger partial charge in [-0.3, -0.25) is 0 Å². The molecule has 8 heteroatoms. The number of aliphatic hydroxyl groups is 1. The van der Waals surface area contributed by atoms with Crippen molar-refractivity contribution in [3.05, 3.63) is 23.8 Å². The molecule has 0 saturated carbocycles. The number of nitrogen functional groups attached to an aromatic ring is 1. The summed E-state index contributed by atoms with van der Waals surface area (Å²) in [5, 5.41) is 19.9. The van der Waals surface area contributed by atoms with E-state index in [1.165, 1.54) is 33.8 Å². The molecule has 0 unspecified atom stereocenters. The number of alkyl halides is 3. The van der Waals surface area contributed by atoms with Crippen molar-refractivity contribution in [1.82, 2.24) is 0 Å². The van der Waals surface area contributed by atoms with Crippen molar-refractivity contribution in [1.29, 1.82) is 0 Å². The van der Waals surface area contributed by atoms with E-state index >= 15 is 0 Å². The lowest BCUT2D eigenvalue weighted by atomic mass is 9.75. The Kier molecular flexibility index (Phi) is 4.67. The third-order valence-electron chi connectivity index (χ3n) is 3.47. The number of hydrogen-bond donors (Lipinski definition) is 3. The lowest BCUT2D eigenvalue weighted by Crippen LogP contribution is -2.53. The van der Waals surface area contributed by atoms with Crippen LogP contribution in [-0.4, -0.2) is 28.5 Å². The quantitative estimate of drug-likeness (QED) is 0.582. The summed E-state index contributed by atoms with van der Waals surface area (Å²) in [6.45, 7) is 5.99. The molecular weight excluding hydrogens is 286 g/mol. The lowest BCUT2D eigenvalue weighted by molar-refractivity contribution is -0.137. The maximum atomic E-state index is 12.7. The van der Waals surface area contributed by atoms with Gasteiger partial charge in [0.05, 0.1) is 16.8 Å². The number of rotatable bonds is 4. The van der Waals surface area contributed by atoms with Crippen molar-refractivity contribution < 1.29 is 28.0 Å². The first-order valence-electron chi connectivity index (χ1n) is 6.30. The Morgan fingerprint density at radius 1 is 1.10 bits per heavy atom. The lowest BCUT2D eigenvalue weighted by Gasteiger charge is -2.38. The number of benzene rings is 1. The second-order valence-electron chi connectivity index (χ2n) is 5.93. The highest BCUT2D eigenvalue weighted by Crippen LogP contribution is 2.30. The van der Waals surface area contributed by atoms with E-state index in [1.807, 2.05) is 0 Å². The van der Waals surface area contributed by atoms with Gasteiger partial charge < -0.3 is 20.5 Å². The smallest absolute Gasteiger partial charge is 0.423 e. The molecule has 0 fully saturated rings. The highest BCUT2D eigenvalue weighted by atomic mass is 19.4. The minimum absolute atomic E-state index is 0.125. The Labute approximate surface area is 121 Å². The fraction of sp³-hybridized carbons (Fsp3) is 0.538. The molecule has 0 amide bonds. The van der Waals surface area contributed by atoms with Gasteiger partial charge in [-0.05, 0) is 45.3 Å². The first-order valence-corrected chi connectivity index (χ1v) is 6.30. The van der Waals surface area contributed by atoms with Gasteiger partial charge in [0.2, 0.25) is 0 Å². The van der Waals surface area contributed by atoms with Gasteiger partial charge in [-0.1, -0.05) is 6.07 Å². The molecule has 4 N–H and O–H groups in total. The van der Waals surface area contributed by atoms with Gasteiger partial charge >= 0.3 is 13.3 Å². The Bertz CT molecular complexity index is 512. The van der Waals surface area contributed by atoms with Crippen LogP contribution in [0.1, 0.15) is 33.3 Å². The maximum Gasteiger partial charge on any atom is 0.491 e. The van der Waals surface area contributed by atoms with Crippen LogP contribution in [-0.2, 0) is 10.8 Å². The normalized spacial score (nSPS) is 13.4.